The third kappa shape index (κ3) is 5.70. The van der Waals surface area contributed by atoms with E-state index < -0.39 is 53.2 Å². The van der Waals surface area contributed by atoms with Crippen molar-refractivity contribution < 1.29 is 41.0 Å². The number of hydrogen-bond acceptors (Lipinski definition) is 3. The number of halogens is 6. The number of anilines is 1. The average Bonchev–Trinajstić information content (AvgIpc) is 3.31. The van der Waals surface area contributed by atoms with Gasteiger partial charge in [-0.1, -0.05) is 48.9 Å². The molecule has 4 aliphatic rings. The van der Waals surface area contributed by atoms with Gasteiger partial charge in [-0.15, -0.1) is 0 Å². The van der Waals surface area contributed by atoms with Crippen LogP contribution in [0.15, 0.2) is 77.4 Å². The number of ketones is 1. The molecule has 2 aromatic rings. The van der Waals surface area contributed by atoms with Crippen molar-refractivity contribution in [1.29, 1.82) is 0 Å². The Kier molecular flexibility index (Phi) is 8.43. The molecule has 47 heavy (non-hydrogen) atoms. The molecule has 0 spiro atoms. The van der Waals surface area contributed by atoms with Crippen molar-refractivity contribution in [3.63, 3.8) is 0 Å². The summed E-state index contributed by atoms with van der Waals surface area (Å²) in [5, 5.41) is 16.7. The molecule has 3 N–H and O–H groups in total. The number of aliphatic hydroxyl groups is 1. The molecule has 2 amide bonds. The zero-order valence-electron chi connectivity index (χ0n) is 25.8. The minimum absolute atomic E-state index is 0.0265. The van der Waals surface area contributed by atoms with Gasteiger partial charge in [0.25, 0.3) is 0 Å². The molecule has 0 bridgehead atoms. The van der Waals surface area contributed by atoms with Crippen LogP contribution in [0.3, 0.4) is 0 Å². The number of fused-ring (bicyclic) bond motifs is 4. The molecule has 0 saturated heterocycles. The zero-order chi connectivity index (χ0) is 33.8. The van der Waals surface area contributed by atoms with Gasteiger partial charge in [0.05, 0.1) is 0 Å². The van der Waals surface area contributed by atoms with Gasteiger partial charge in [0.2, 0.25) is 0 Å². The molecular formula is C36H36F6N2O3. The lowest BCUT2D eigenvalue weighted by Crippen LogP contribution is -2.65. The summed E-state index contributed by atoms with van der Waals surface area (Å²) >= 11 is 0. The fourth-order valence-corrected chi connectivity index (χ4v) is 8.61. The van der Waals surface area contributed by atoms with E-state index >= 15 is 8.78 Å². The Bertz CT molecular complexity index is 1650. The summed E-state index contributed by atoms with van der Waals surface area (Å²) < 4.78 is 84.8. The molecular weight excluding hydrogens is 622 g/mol. The highest BCUT2D eigenvalue weighted by Crippen LogP contribution is 2.70. The van der Waals surface area contributed by atoms with E-state index in [2.05, 4.69) is 10.6 Å². The quantitative estimate of drug-likeness (QED) is 0.273. The second-order valence-electron chi connectivity index (χ2n) is 13.4. The Morgan fingerprint density at radius 3 is 2.38 bits per heavy atom. The third-order valence-corrected chi connectivity index (χ3v) is 10.9. The first-order chi connectivity index (χ1) is 22.1. The van der Waals surface area contributed by atoms with E-state index in [1.54, 1.807) is 18.2 Å². The predicted molar refractivity (Wildman–Crippen MR) is 165 cm³/mol. The second-order valence-corrected chi connectivity index (χ2v) is 13.4. The van der Waals surface area contributed by atoms with Crippen LogP contribution in [0.5, 0.6) is 0 Å². The van der Waals surface area contributed by atoms with E-state index in [4.69, 9.17) is 0 Å². The highest BCUT2D eigenvalue weighted by Gasteiger charge is 2.79. The third-order valence-electron chi connectivity index (χ3n) is 10.9. The second kappa shape index (κ2) is 12.0. The smallest absolute Gasteiger partial charge is 0.383 e. The molecule has 6 rings (SSSR count). The molecule has 5 atom stereocenters. The normalized spacial score (nSPS) is 29.2. The molecule has 0 aromatic heterocycles. The SMILES string of the molecule is C[C@]12C[C@H](c3ccc(/C=C/CNC(=O)Nc4ccc(F)cc4)cc3)C3=C4CCC(=O)C=C4CC[C@H]3[C@@H]1CC[C@@]2(O)C(F)(F)C(F)(F)F. The largest absolute Gasteiger partial charge is 0.456 e. The van der Waals surface area contributed by atoms with Gasteiger partial charge in [-0.25, -0.2) is 9.18 Å². The monoisotopic (exact) mass is 658 g/mol. The fraction of sp³-hybridized carbons (Fsp3) is 0.444. The standard InChI is InChI=1S/C36H36F6N2O3/c1-33-20-29(22-6-4-21(5-7-22)3-2-18-43-32(46)44-25-11-9-24(37)10-12-25)31-27-15-13-26(45)19-23(27)8-14-28(31)30(33)16-17-34(33,47)35(38,39)36(40,41)42/h2-7,9-12,19,28-30,47H,8,13-18,20H2,1H3,(H2,43,44,46)/b3-2+/t28-,29+,30-,33-,34-/m0/s1. The number of carbonyl (C=O) groups excluding carboxylic acids is 2. The maximum absolute atomic E-state index is 15.2. The lowest BCUT2D eigenvalue weighted by molar-refractivity contribution is -0.362. The molecule has 250 valence electrons. The summed E-state index contributed by atoms with van der Waals surface area (Å²) in [7, 11) is 0. The van der Waals surface area contributed by atoms with Gasteiger partial charge < -0.3 is 15.7 Å². The Labute approximate surface area is 268 Å². The van der Waals surface area contributed by atoms with Gasteiger partial charge in [0, 0.05) is 30.0 Å². The van der Waals surface area contributed by atoms with Crippen LogP contribution in [0.2, 0.25) is 0 Å². The number of alkyl halides is 5. The number of hydrogen-bond donors (Lipinski definition) is 3. The molecule has 2 saturated carbocycles. The summed E-state index contributed by atoms with van der Waals surface area (Å²) in [6, 6.07) is 12.1. The molecule has 4 aliphatic carbocycles. The first-order valence-electron chi connectivity index (χ1n) is 15.9. The fourth-order valence-electron chi connectivity index (χ4n) is 8.61. The van der Waals surface area contributed by atoms with Crippen LogP contribution in [-0.4, -0.2) is 41.2 Å². The van der Waals surface area contributed by atoms with Crippen molar-refractivity contribution in [2.24, 2.45) is 17.3 Å². The summed E-state index contributed by atoms with van der Waals surface area (Å²) in [4.78, 5) is 24.4. The number of urea groups is 1. The molecule has 0 radical (unpaired) electrons. The van der Waals surface area contributed by atoms with Crippen LogP contribution in [0.1, 0.15) is 68.9 Å². The van der Waals surface area contributed by atoms with Gasteiger partial charge >= 0.3 is 18.1 Å². The Balaban J connectivity index is 1.26. The highest BCUT2D eigenvalue weighted by atomic mass is 19.4. The van der Waals surface area contributed by atoms with Crippen molar-refractivity contribution in [3.8, 4) is 0 Å². The molecule has 0 heterocycles. The molecule has 2 fully saturated rings. The zero-order valence-corrected chi connectivity index (χ0v) is 25.8. The minimum Gasteiger partial charge on any atom is -0.383 e. The number of amides is 2. The number of benzene rings is 2. The number of rotatable bonds is 6. The van der Waals surface area contributed by atoms with E-state index in [1.807, 2.05) is 24.3 Å². The lowest BCUT2D eigenvalue weighted by atomic mass is 9.50. The Hall–Kier alpha value is -3.86. The number of carbonyl (C=O) groups is 2. The minimum atomic E-state index is -5.90. The van der Waals surface area contributed by atoms with E-state index in [9.17, 15) is 32.3 Å². The maximum atomic E-state index is 15.2. The molecule has 2 aromatic carbocycles. The van der Waals surface area contributed by atoms with E-state index in [0.717, 1.165) is 27.8 Å². The van der Waals surface area contributed by atoms with Crippen molar-refractivity contribution in [2.75, 3.05) is 11.9 Å². The van der Waals surface area contributed by atoms with Crippen LogP contribution < -0.4 is 10.6 Å². The van der Waals surface area contributed by atoms with Crippen LogP contribution in [-0.2, 0) is 4.79 Å². The highest BCUT2D eigenvalue weighted by molar-refractivity contribution is 5.93. The first-order valence-corrected chi connectivity index (χ1v) is 15.9. The van der Waals surface area contributed by atoms with Gasteiger partial charge in [0.1, 0.15) is 11.4 Å². The van der Waals surface area contributed by atoms with Crippen molar-refractivity contribution in [1.82, 2.24) is 5.32 Å². The molecule has 0 aliphatic heterocycles. The first kappa shape index (κ1) is 33.1. The van der Waals surface area contributed by atoms with E-state index in [-0.39, 0.29) is 31.1 Å². The van der Waals surface area contributed by atoms with Crippen molar-refractivity contribution in [2.45, 2.75) is 75.5 Å². The summed E-state index contributed by atoms with van der Waals surface area (Å²) in [6.45, 7) is 1.60. The van der Waals surface area contributed by atoms with Gasteiger partial charge in [-0.3, -0.25) is 4.79 Å². The van der Waals surface area contributed by atoms with Gasteiger partial charge in [0.15, 0.2) is 5.78 Å². The van der Waals surface area contributed by atoms with Crippen LogP contribution >= 0.6 is 0 Å². The molecule has 5 nitrogen and oxygen atoms in total. The number of allylic oxidation sites excluding steroid dienone is 4. The van der Waals surface area contributed by atoms with Gasteiger partial charge in [-0.05, 0) is 103 Å². The topological polar surface area (TPSA) is 78.4 Å². The maximum Gasteiger partial charge on any atom is 0.456 e. The van der Waals surface area contributed by atoms with E-state index in [1.165, 1.54) is 31.2 Å². The summed E-state index contributed by atoms with van der Waals surface area (Å²) in [5.74, 6) is -7.04. The molecule has 11 heteroatoms. The van der Waals surface area contributed by atoms with Crippen molar-refractivity contribution in [3.05, 3.63) is 94.3 Å². The number of nitrogens with one attached hydrogen (secondary N) is 2. The Morgan fingerprint density at radius 2 is 1.70 bits per heavy atom. The predicted octanol–water partition coefficient (Wildman–Crippen LogP) is 8.49. The van der Waals surface area contributed by atoms with E-state index in [0.29, 0.717) is 31.4 Å². The van der Waals surface area contributed by atoms with Crippen LogP contribution in [0, 0.1) is 23.1 Å². The lowest BCUT2D eigenvalue weighted by Gasteiger charge is -2.56. The van der Waals surface area contributed by atoms with Crippen molar-refractivity contribution >= 4 is 23.6 Å². The Morgan fingerprint density at radius 1 is 1.00 bits per heavy atom. The summed E-state index contributed by atoms with van der Waals surface area (Å²) in [5.41, 5.74) is -0.0685. The summed E-state index contributed by atoms with van der Waals surface area (Å²) in [6.07, 6.45) is 0.466. The van der Waals surface area contributed by atoms with Crippen LogP contribution in [0.4, 0.5) is 36.8 Å². The van der Waals surface area contributed by atoms with Crippen LogP contribution in [0.25, 0.3) is 6.08 Å². The average molecular weight is 659 g/mol. The van der Waals surface area contributed by atoms with Gasteiger partial charge in [-0.2, -0.15) is 22.0 Å². The molecule has 0 unspecified atom stereocenters.